The average molecular weight is 239 g/mol. The van der Waals surface area contributed by atoms with Gasteiger partial charge in [0, 0.05) is 5.56 Å². The van der Waals surface area contributed by atoms with E-state index in [9.17, 15) is 0 Å². The molecule has 13 heavy (non-hydrogen) atoms. The van der Waals surface area contributed by atoms with Gasteiger partial charge in [-0.05, 0) is 46.3 Å². The largest absolute Gasteiger partial charge is 0.508 e. The van der Waals surface area contributed by atoms with E-state index in [0.717, 1.165) is 15.9 Å². The number of hydrogen-bond donors (Lipinski definition) is 2. The molecule has 3 nitrogen and oxygen atoms in total. The van der Waals surface area contributed by atoms with Gasteiger partial charge in [0.2, 0.25) is 0 Å². The lowest BCUT2D eigenvalue weighted by molar-refractivity contribution is 0.475. The number of rotatable bonds is 1. The molecule has 66 valence electrons. The van der Waals surface area contributed by atoms with Crippen LogP contribution in [0.1, 0.15) is 0 Å². The highest BCUT2D eigenvalue weighted by atomic mass is 79.9. The maximum absolute atomic E-state index is 9.07. The average Bonchev–Trinajstić information content (AvgIpc) is 2.53. The molecule has 0 saturated heterocycles. The standard InChI is InChI=1S/C9H7BrN2O/c10-9-5-8(11-12-9)6-1-3-7(13)4-2-6/h1-5,13H,(H,11,12). The van der Waals surface area contributed by atoms with Crippen molar-refractivity contribution in [3.63, 3.8) is 0 Å². The van der Waals surface area contributed by atoms with Crippen LogP contribution in [-0.2, 0) is 0 Å². The van der Waals surface area contributed by atoms with Crippen molar-refractivity contribution >= 4 is 15.9 Å². The summed E-state index contributed by atoms with van der Waals surface area (Å²) in [6, 6.07) is 8.79. The molecular weight excluding hydrogens is 232 g/mol. The minimum atomic E-state index is 0.262. The number of phenolic OH excluding ortho intramolecular Hbond substituents is 1. The molecule has 0 unspecified atom stereocenters. The highest BCUT2D eigenvalue weighted by Crippen LogP contribution is 2.21. The van der Waals surface area contributed by atoms with E-state index in [-0.39, 0.29) is 5.75 Å². The van der Waals surface area contributed by atoms with Crippen molar-refractivity contribution in [3.8, 4) is 17.0 Å². The van der Waals surface area contributed by atoms with Crippen LogP contribution in [0.5, 0.6) is 5.75 Å². The molecule has 0 atom stereocenters. The Morgan fingerprint density at radius 2 is 1.92 bits per heavy atom. The van der Waals surface area contributed by atoms with Crippen molar-refractivity contribution in [3.05, 3.63) is 34.9 Å². The summed E-state index contributed by atoms with van der Waals surface area (Å²) in [5.41, 5.74) is 1.83. The van der Waals surface area contributed by atoms with Crippen molar-refractivity contribution < 1.29 is 5.11 Å². The molecule has 1 aromatic heterocycles. The van der Waals surface area contributed by atoms with Gasteiger partial charge in [-0.3, -0.25) is 5.10 Å². The van der Waals surface area contributed by atoms with Gasteiger partial charge >= 0.3 is 0 Å². The molecule has 0 spiro atoms. The summed E-state index contributed by atoms with van der Waals surface area (Å²) >= 11 is 3.28. The maximum Gasteiger partial charge on any atom is 0.115 e. The Labute approximate surface area is 83.5 Å². The predicted molar refractivity (Wildman–Crippen MR) is 53.4 cm³/mol. The zero-order valence-corrected chi connectivity index (χ0v) is 8.25. The first kappa shape index (κ1) is 8.31. The van der Waals surface area contributed by atoms with Crippen molar-refractivity contribution in [2.24, 2.45) is 0 Å². The smallest absolute Gasteiger partial charge is 0.115 e. The summed E-state index contributed by atoms with van der Waals surface area (Å²) < 4.78 is 0.843. The fraction of sp³-hybridized carbons (Fsp3) is 0. The molecule has 1 aromatic carbocycles. The summed E-state index contributed by atoms with van der Waals surface area (Å²) in [5, 5.41) is 15.9. The van der Waals surface area contributed by atoms with Gasteiger partial charge in [0.25, 0.3) is 0 Å². The molecule has 2 N–H and O–H groups in total. The van der Waals surface area contributed by atoms with Gasteiger partial charge < -0.3 is 5.11 Å². The molecular formula is C9H7BrN2O. The summed E-state index contributed by atoms with van der Waals surface area (Å²) in [6.45, 7) is 0. The second kappa shape index (κ2) is 3.22. The number of aromatic nitrogens is 2. The number of H-pyrrole nitrogens is 1. The molecule has 0 aliphatic carbocycles. The number of nitrogens with zero attached hydrogens (tertiary/aromatic N) is 1. The topological polar surface area (TPSA) is 48.9 Å². The van der Waals surface area contributed by atoms with Crippen molar-refractivity contribution in [2.45, 2.75) is 0 Å². The van der Waals surface area contributed by atoms with Crippen LogP contribution in [0.2, 0.25) is 0 Å². The van der Waals surface area contributed by atoms with E-state index in [0.29, 0.717) is 0 Å². The van der Waals surface area contributed by atoms with Gasteiger partial charge in [-0.1, -0.05) is 0 Å². The SMILES string of the molecule is Oc1ccc(-c2cc(Br)[nH]n2)cc1. The Morgan fingerprint density at radius 1 is 1.23 bits per heavy atom. The lowest BCUT2D eigenvalue weighted by atomic mass is 10.1. The Morgan fingerprint density at radius 3 is 2.46 bits per heavy atom. The minimum absolute atomic E-state index is 0.262. The predicted octanol–water partition coefficient (Wildman–Crippen LogP) is 2.54. The first-order valence-electron chi connectivity index (χ1n) is 3.76. The third-order valence-corrected chi connectivity index (χ3v) is 2.12. The fourth-order valence-electron chi connectivity index (χ4n) is 1.08. The third kappa shape index (κ3) is 1.72. The van der Waals surface area contributed by atoms with Crippen LogP contribution in [-0.4, -0.2) is 15.3 Å². The zero-order chi connectivity index (χ0) is 9.26. The quantitative estimate of drug-likeness (QED) is 0.803. The van der Waals surface area contributed by atoms with E-state index in [1.54, 1.807) is 12.1 Å². The van der Waals surface area contributed by atoms with E-state index in [1.165, 1.54) is 0 Å². The summed E-state index contributed by atoms with van der Waals surface area (Å²) in [4.78, 5) is 0. The van der Waals surface area contributed by atoms with Gasteiger partial charge in [-0.15, -0.1) is 0 Å². The highest BCUT2D eigenvalue weighted by molar-refractivity contribution is 9.10. The van der Waals surface area contributed by atoms with Gasteiger partial charge in [0.05, 0.1) is 5.69 Å². The lowest BCUT2D eigenvalue weighted by Crippen LogP contribution is -1.76. The van der Waals surface area contributed by atoms with Gasteiger partial charge in [-0.25, -0.2) is 0 Å². The van der Waals surface area contributed by atoms with Crippen LogP contribution in [0.3, 0.4) is 0 Å². The first-order valence-corrected chi connectivity index (χ1v) is 4.55. The fourth-order valence-corrected chi connectivity index (χ4v) is 1.38. The summed E-state index contributed by atoms with van der Waals surface area (Å²) in [5.74, 6) is 0.262. The molecule has 0 bridgehead atoms. The Balaban J connectivity index is 2.41. The molecule has 0 fully saturated rings. The normalized spacial score (nSPS) is 10.2. The van der Waals surface area contributed by atoms with Crippen LogP contribution in [0.25, 0.3) is 11.3 Å². The van der Waals surface area contributed by atoms with Crippen molar-refractivity contribution in [2.75, 3.05) is 0 Å². The molecule has 1 heterocycles. The monoisotopic (exact) mass is 238 g/mol. The van der Waals surface area contributed by atoms with Crippen LogP contribution in [0.4, 0.5) is 0 Å². The summed E-state index contributed by atoms with van der Waals surface area (Å²) in [6.07, 6.45) is 0. The van der Waals surface area contributed by atoms with Gasteiger partial charge in [0.15, 0.2) is 0 Å². The summed E-state index contributed by atoms with van der Waals surface area (Å²) in [7, 11) is 0. The molecule has 0 aliphatic heterocycles. The molecule has 4 heteroatoms. The van der Waals surface area contributed by atoms with E-state index < -0.39 is 0 Å². The van der Waals surface area contributed by atoms with Crippen molar-refractivity contribution in [1.29, 1.82) is 0 Å². The highest BCUT2D eigenvalue weighted by Gasteiger charge is 2.01. The van der Waals surface area contributed by atoms with E-state index in [1.807, 2.05) is 18.2 Å². The van der Waals surface area contributed by atoms with Crippen LogP contribution < -0.4 is 0 Å². The second-order valence-electron chi connectivity index (χ2n) is 2.65. The number of aromatic amines is 1. The third-order valence-electron chi connectivity index (χ3n) is 1.71. The Kier molecular flexibility index (Phi) is 2.06. The molecule has 2 rings (SSSR count). The zero-order valence-electron chi connectivity index (χ0n) is 6.66. The number of aromatic hydroxyl groups is 1. The van der Waals surface area contributed by atoms with E-state index >= 15 is 0 Å². The minimum Gasteiger partial charge on any atom is -0.508 e. The molecule has 0 saturated carbocycles. The van der Waals surface area contributed by atoms with Gasteiger partial charge in [0.1, 0.15) is 10.4 Å². The second-order valence-corrected chi connectivity index (χ2v) is 3.50. The van der Waals surface area contributed by atoms with Crippen LogP contribution in [0.15, 0.2) is 34.9 Å². The Hall–Kier alpha value is -1.29. The maximum atomic E-state index is 9.07. The Bertz CT molecular complexity index is 408. The number of hydrogen-bond acceptors (Lipinski definition) is 2. The molecule has 2 aromatic rings. The van der Waals surface area contributed by atoms with E-state index in [4.69, 9.17) is 5.11 Å². The van der Waals surface area contributed by atoms with E-state index in [2.05, 4.69) is 26.1 Å². The van der Waals surface area contributed by atoms with Crippen molar-refractivity contribution in [1.82, 2.24) is 10.2 Å². The van der Waals surface area contributed by atoms with Crippen LogP contribution >= 0.6 is 15.9 Å². The number of halogens is 1. The lowest BCUT2D eigenvalue weighted by Gasteiger charge is -1.95. The number of benzene rings is 1. The number of nitrogens with one attached hydrogen (secondary N) is 1. The first-order chi connectivity index (χ1) is 6.25. The van der Waals surface area contributed by atoms with Gasteiger partial charge in [-0.2, -0.15) is 5.10 Å². The molecule has 0 amide bonds. The molecule has 0 aliphatic rings. The number of phenols is 1. The molecule has 0 radical (unpaired) electrons. The van der Waals surface area contributed by atoms with Crippen LogP contribution in [0, 0.1) is 0 Å².